The van der Waals surface area contributed by atoms with Crippen LogP contribution in [0, 0.1) is 27.4 Å². The molecule has 4 heterocycles. The molecular formula is C48H53ClN6O7S. The number of nitro benzene ring substituents is 1. The van der Waals surface area contributed by atoms with Crippen molar-refractivity contribution in [3.63, 3.8) is 0 Å². The zero-order valence-electron chi connectivity index (χ0n) is 35.7. The number of ether oxygens (including phenoxy) is 2. The highest BCUT2D eigenvalue weighted by Crippen LogP contribution is 2.44. The molecule has 330 valence electrons. The number of nitro groups is 1. The molecule has 0 bridgehead atoms. The number of hydrogen-bond donors (Lipinski definition) is 2. The van der Waals surface area contributed by atoms with Crippen LogP contribution in [0.15, 0.2) is 89.6 Å². The summed E-state index contributed by atoms with van der Waals surface area (Å²) in [6.07, 6.45) is 12.5. The average molecular weight is 894 g/mol. The summed E-state index contributed by atoms with van der Waals surface area (Å²) in [6, 6.07) is 19.2. The van der Waals surface area contributed by atoms with Gasteiger partial charge in [-0.25, -0.2) is 18.1 Å². The van der Waals surface area contributed by atoms with E-state index in [0.29, 0.717) is 35.9 Å². The number of anilines is 1. The Morgan fingerprint density at radius 2 is 1.79 bits per heavy atom. The quantitative estimate of drug-likeness (QED) is 0.0965. The number of nitrogens with one attached hydrogen (secondary N) is 2. The summed E-state index contributed by atoms with van der Waals surface area (Å²) in [5.74, 6) is 0.236. The van der Waals surface area contributed by atoms with Gasteiger partial charge >= 0.3 is 0 Å². The Kier molecular flexibility index (Phi) is 12.0. The van der Waals surface area contributed by atoms with Gasteiger partial charge in [0.2, 0.25) is 0 Å². The number of piperazine rings is 1. The van der Waals surface area contributed by atoms with Gasteiger partial charge in [-0.2, -0.15) is 0 Å². The number of amides is 1. The molecule has 2 fully saturated rings. The molecule has 15 heteroatoms. The first-order valence-electron chi connectivity index (χ1n) is 22.0. The maximum atomic E-state index is 14.1. The van der Waals surface area contributed by atoms with Gasteiger partial charge in [-0.05, 0) is 84.6 Å². The minimum absolute atomic E-state index is 0.0317. The summed E-state index contributed by atoms with van der Waals surface area (Å²) in [4.78, 5) is 37.7. The highest BCUT2D eigenvalue weighted by molar-refractivity contribution is 7.90. The largest absolute Gasteiger partial charge is 0.493 e. The fourth-order valence-electron chi connectivity index (χ4n) is 10.0. The topological polar surface area (TPSA) is 160 Å². The fraction of sp³-hybridized carbons (Fsp3) is 0.417. The normalized spacial score (nSPS) is 19.7. The van der Waals surface area contributed by atoms with Crippen LogP contribution in [-0.2, 0) is 16.4 Å². The van der Waals surface area contributed by atoms with Crippen LogP contribution in [0.2, 0.25) is 5.02 Å². The van der Waals surface area contributed by atoms with Crippen molar-refractivity contribution in [2.24, 2.45) is 17.3 Å². The number of rotatable bonds is 11. The summed E-state index contributed by atoms with van der Waals surface area (Å²) in [5.41, 5.74) is 5.86. The molecule has 3 aromatic carbocycles. The number of fused-ring (bicyclic) bond motifs is 2. The molecule has 1 atom stereocenters. The van der Waals surface area contributed by atoms with Crippen LogP contribution in [0.3, 0.4) is 0 Å². The lowest BCUT2D eigenvalue weighted by Gasteiger charge is -2.39. The molecular weight excluding hydrogens is 840 g/mol. The second-order valence-corrected chi connectivity index (χ2v) is 20.5. The first kappa shape index (κ1) is 42.8. The number of pyridine rings is 1. The predicted molar refractivity (Wildman–Crippen MR) is 244 cm³/mol. The van der Waals surface area contributed by atoms with Crippen molar-refractivity contribution in [2.75, 3.05) is 44.2 Å². The van der Waals surface area contributed by atoms with Crippen LogP contribution in [0.25, 0.3) is 16.6 Å². The smallest absolute Gasteiger partial charge is 0.277 e. The number of nitrogens with zero attached hydrogens (tertiary/aromatic N) is 4. The molecule has 2 N–H and O–H groups in total. The molecule has 2 aliphatic carbocycles. The Hall–Kier alpha value is -5.44. The third-order valence-corrected chi connectivity index (χ3v) is 15.0. The van der Waals surface area contributed by atoms with Gasteiger partial charge in [0.1, 0.15) is 22.9 Å². The lowest BCUT2D eigenvalue weighted by atomic mass is 9.73. The highest BCUT2D eigenvalue weighted by Gasteiger charge is 2.36. The van der Waals surface area contributed by atoms with E-state index in [0.717, 1.165) is 99.8 Å². The Bertz CT molecular complexity index is 2680. The van der Waals surface area contributed by atoms with Gasteiger partial charge < -0.3 is 19.4 Å². The third-order valence-electron chi connectivity index (χ3n) is 13.5. The molecule has 13 nitrogen and oxygen atoms in total. The van der Waals surface area contributed by atoms with Crippen LogP contribution in [-0.4, -0.2) is 73.4 Å². The number of aromatic nitrogens is 2. The van der Waals surface area contributed by atoms with E-state index in [4.69, 9.17) is 21.1 Å². The molecule has 0 unspecified atom stereocenters. The number of benzene rings is 3. The molecule has 1 saturated carbocycles. The molecule has 5 aromatic rings. The number of carbonyl (C=O) groups excluding carboxylic acids is 1. The number of sulfonamides is 1. The molecule has 2 aromatic heterocycles. The molecule has 1 saturated heterocycles. The molecule has 4 aliphatic rings. The summed E-state index contributed by atoms with van der Waals surface area (Å²) in [5, 5.41) is 13.9. The van der Waals surface area contributed by atoms with Gasteiger partial charge in [-0.15, -0.1) is 0 Å². The van der Waals surface area contributed by atoms with E-state index in [-0.39, 0.29) is 34.1 Å². The number of allylic oxidation sites excluding steroid dienone is 1. The third kappa shape index (κ3) is 9.44. The molecule has 1 amide bonds. The first-order chi connectivity index (χ1) is 30.3. The summed E-state index contributed by atoms with van der Waals surface area (Å²) < 4.78 is 42.4. The van der Waals surface area contributed by atoms with Crippen molar-refractivity contribution >= 4 is 55.5 Å². The summed E-state index contributed by atoms with van der Waals surface area (Å²) >= 11 is 6.24. The van der Waals surface area contributed by atoms with Crippen molar-refractivity contribution in [2.45, 2.75) is 76.5 Å². The average Bonchev–Trinajstić information content (AvgIpc) is 3.74. The van der Waals surface area contributed by atoms with E-state index < -0.39 is 25.7 Å². The van der Waals surface area contributed by atoms with Crippen molar-refractivity contribution in [3.8, 4) is 17.2 Å². The summed E-state index contributed by atoms with van der Waals surface area (Å²) in [6.45, 7) is 9.02. The minimum Gasteiger partial charge on any atom is -0.493 e. The van der Waals surface area contributed by atoms with E-state index in [1.807, 2.05) is 18.2 Å². The lowest BCUT2D eigenvalue weighted by molar-refractivity contribution is -0.386. The van der Waals surface area contributed by atoms with Crippen LogP contribution in [0.4, 0.5) is 11.4 Å². The van der Waals surface area contributed by atoms with E-state index in [1.54, 1.807) is 30.5 Å². The zero-order valence-corrected chi connectivity index (χ0v) is 37.3. The fourth-order valence-corrected chi connectivity index (χ4v) is 11.1. The van der Waals surface area contributed by atoms with Gasteiger partial charge in [-0.1, -0.05) is 75.3 Å². The number of halogens is 1. The lowest BCUT2D eigenvalue weighted by Crippen LogP contribution is -2.47. The Labute approximate surface area is 373 Å². The SMILES string of the molecule is CC1(C)CCC(c2ccc(Cl)cc2)=C(CN2CCN(c3ccc(C(=O)NS(=O)(=O)c4cc5c(c([N+](=O)[O-])c4)C[C@@H](C4CCCCC4)CO5)c(Oc4cnc5[nH]ccc5c4)c3)CC2)C1. The first-order valence-corrected chi connectivity index (χ1v) is 23.9. The number of aromatic amines is 1. The standard InChI is InChI=1S/C48H53ClN6O7S/c1-48(2)16-14-40(32-8-10-36(49)11-9-32)35(27-48)29-53-18-20-54(21-19-53)37-12-13-41(45(24-37)62-38-22-33-15-17-50-46(33)51-28-38)47(56)52-63(59,60)39-25-43(55(57)58)42-23-34(30-61-44(42)26-39)31-6-4-3-5-7-31/h8-13,15,17,22,24-26,28,31,34H,3-7,14,16,18-21,23,27,29-30H2,1-2H3,(H,50,51)(H,52,56)/t34-/m1/s1. The zero-order chi connectivity index (χ0) is 43.9. The van der Waals surface area contributed by atoms with E-state index in [2.05, 4.69) is 50.5 Å². The number of hydrogen-bond acceptors (Lipinski definition) is 10. The van der Waals surface area contributed by atoms with Crippen molar-refractivity contribution < 1.29 is 27.6 Å². The predicted octanol–water partition coefficient (Wildman–Crippen LogP) is 9.95. The summed E-state index contributed by atoms with van der Waals surface area (Å²) in [7, 11) is -4.60. The van der Waals surface area contributed by atoms with Crippen LogP contribution < -0.4 is 19.1 Å². The van der Waals surface area contributed by atoms with Gasteiger partial charge in [0, 0.05) is 79.1 Å². The second kappa shape index (κ2) is 17.6. The Balaban J connectivity index is 0.950. The van der Waals surface area contributed by atoms with E-state index in [1.165, 1.54) is 35.4 Å². The maximum Gasteiger partial charge on any atom is 0.277 e. The van der Waals surface area contributed by atoms with E-state index >= 15 is 0 Å². The van der Waals surface area contributed by atoms with Gasteiger partial charge in [0.15, 0.2) is 0 Å². The Morgan fingerprint density at radius 1 is 1.02 bits per heavy atom. The molecule has 63 heavy (non-hydrogen) atoms. The van der Waals surface area contributed by atoms with Crippen LogP contribution in [0.5, 0.6) is 17.2 Å². The van der Waals surface area contributed by atoms with Gasteiger partial charge in [0.05, 0.1) is 33.7 Å². The van der Waals surface area contributed by atoms with Gasteiger partial charge in [-0.3, -0.25) is 19.8 Å². The van der Waals surface area contributed by atoms with Crippen LogP contribution >= 0.6 is 11.6 Å². The van der Waals surface area contributed by atoms with Crippen molar-refractivity contribution in [1.82, 2.24) is 19.6 Å². The van der Waals surface area contributed by atoms with Crippen molar-refractivity contribution in [3.05, 3.63) is 117 Å². The molecule has 9 rings (SSSR count). The number of carbonyl (C=O) groups is 1. The number of H-pyrrole nitrogens is 1. The van der Waals surface area contributed by atoms with E-state index in [9.17, 15) is 23.3 Å². The monoisotopic (exact) mass is 892 g/mol. The van der Waals surface area contributed by atoms with Gasteiger partial charge in [0.25, 0.3) is 21.6 Å². The Morgan fingerprint density at radius 3 is 2.56 bits per heavy atom. The molecule has 0 spiro atoms. The molecule has 0 radical (unpaired) electrons. The van der Waals surface area contributed by atoms with Crippen LogP contribution in [0.1, 0.15) is 86.7 Å². The van der Waals surface area contributed by atoms with Crippen molar-refractivity contribution in [1.29, 1.82) is 0 Å². The maximum absolute atomic E-state index is 14.1. The second-order valence-electron chi connectivity index (χ2n) is 18.3. The highest BCUT2D eigenvalue weighted by atomic mass is 35.5. The minimum atomic E-state index is -4.60. The molecule has 2 aliphatic heterocycles.